The van der Waals surface area contributed by atoms with Gasteiger partial charge in [-0.2, -0.15) is 0 Å². The van der Waals surface area contributed by atoms with Gasteiger partial charge in [0.05, 0.1) is 0 Å². The zero-order valence-electron chi connectivity index (χ0n) is 8.16. The van der Waals surface area contributed by atoms with Crippen molar-refractivity contribution in [3.8, 4) is 0 Å². The summed E-state index contributed by atoms with van der Waals surface area (Å²) in [5.74, 6) is 0. The van der Waals surface area contributed by atoms with Crippen LogP contribution in [0, 0.1) is 0 Å². The Balaban J connectivity index is 0.000000251. The Morgan fingerprint density at radius 2 is 1.46 bits per heavy atom. The second kappa shape index (κ2) is 5.36. The van der Waals surface area contributed by atoms with Crippen LogP contribution in [0.1, 0.15) is 19.8 Å². The van der Waals surface area contributed by atoms with Gasteiger partial charge in [0, 0.05) is 0 Å². The van der Waals surface area contributed by atoms with Crippen LogP contribution in [0.3, 0.4) is 0 Å². The minimum absolute atomic E-state index is 1.13. The number of hydrogen-bond acceptors (Lipinski definition) is 0. The van der Waals surface area contributed by atoms with Gasteiger partial charge >= 0.3 is 0 Å². The minimum Gasteiger partial charge on any atom is -0.103 e. The Morgan fingerprint density at radius 1 is 1.08 bits per heavy atom. The summed E-state index contributed by atoms with van der Waals surface area (Å²) in [6.45, 7) is 5.25. The fraction of sp³-hybridized carbons (Fsp3) is 0.231. The van der Waals surface area contributed by atoms with Crippen molar-refractivity contribution in [3.05, 3.63) is 60.3 Å². The van der Waals surface area contributed by atoms with Crippen LogP contribution in [0.4, 0.5) is 0 Å². The molecule has 2 aliphatic carbocycles. The summed E-state index contributed by atoms with van der Waals surface area (Å²) in [6, 6.07) is 0. The normalized spacial score (nSPS) is 17.6. The lowest BCUT2D eigenvalue weighted by Crippen LogP contribution is -1.80. The second-order valence-electron chi connectivity index (χ2n) is 3.06. The first-order chi connectivity index (χ1) is 6.38. The average Bonchev–Trinajstić information content (AvgIpc) is 2.78. The van der Waals surface area contributed by atoms with Gasteiger partial charge in [-0.25, -0.2) is 0 Å². The smallest absolute Gasteiger partial charge is 0.00915 e. The molecule has 0 unspecified atom stereocenters. The number of hydrogen-bond donors (Lipinski definition) is 0. The highest BCUT2D eigenvalue weighted by Crippen LogP contribution is 2.25. The summed E-state index contributed by atoms with van der Waals surface area (Å²) in [5.41, 5.74) is 2.98. The first-order valence-corrected chi connectivity index (χ1v) is 4.67. The quantitative estimate of drug-likeness (QED) is 0.525. The SMILES string of the molecule is C1=CCC(C2=CC=CC2)=C1.C=CC. The third-order valence-corrected chi connectivity index (χ3v) is 1.95. The molecule has 0 heterocycles. The Kier molecular flexibility index (Phi) is 4.04. The van der Waals surface area contributed by atoms with Crippen molar-refractivity contribution in [2.75, 3.05) is 0 Å². The molecule has 0 fully saturated rings. The molecule has 0 N–H and O–H groups in total. The van der Waals surface area contributed by atoms with E-state index in [1.165, 1.54) is 11.1 Å². The molecule has 0 radical (unpaired) electrons. The molecule has 0 amide bonds. The van der Waals surface area contributed by atoms with Crippen molar-refractivity contribution in [2.24, 2.45) is 0 Å². The molecule has 0 bridgehead atoms. The van der Waals surface area contributed by atoms with Crippen LogP contribution in [0.5, 0.6) is 0 Å². The molecule has 0 heteroatoms. The molecular formula is C13H16. The average molecular weight is 172 g/mol. The molecule has 68 valence electrons. The molecule has 2 rings (SSSR count). The molecule has 0 aliphatic heterocycles. The number of allylic oxidation sites excluding steroid dienone is 9. The molecule has 0 aromatic heterocycles. The van der Waals surface area contributed by atoms with Gasteiger partial charge in [0.15, 0.2) is 0 Å². The highest BCUT2D eigenvalue weighted by molar-refractivity contribution is 5.44. The summed E-state index contributed by atoms with van der Waals surface area (Å²) in [7, 11) is 0. The maximum atomic E-state index is 3.36. The lowest BCUT2D eigenvalue weighted by atomic mass is 10.1. The van der Waals surface area contributed by atoms with Crippen LogP contribution in [-0.2, 0) is 0 Å². The van der Waals surface area contributed by atoms with E-state index in [0.29, 0.717) is 0 Å². The van der Waals surface area contributed by atoms with Crippen molar-refractivity contribution in [1.29, 1.82) is 0 Å². The van der Waals surface area contributed by atoms with Gasteiger partial charge in [-0.15, -0.1) is 6.58 Å². The molecule has 0 atom stereocenters. The van der Waals surface area contributed by atoms with Crippen LogP contribution in [0.15, 0.2) is 60.3 Å². The first-order valence-electron chi connectivity index (χ1n) is 4.67. The van der Waals surface area contributed by atoms with Gasteiger partial charge in [-0.1, -0.05) is 42.5 Å². The summed E-state index contributed by atoms with van der Waals surface area (Å²) in [6.07, 6.45) is 17.1. The van der Waals surface area contributed by atoms with Crippen molar-refractivity contribution in [2.45, 2.75) is 19.8 Å². The van der Waals surface area contributed by atoms with Crippen LogP contribution in [-0.4, -0.2) is 0 Å². The highest BCUT2D eigenvalue weighted by atomic mass is 14.1. The van der Waals surface area contributed by atoms with Crippen LogP contribution in [0.25, 0.3) is 0 Å². The van der Waals surface area contributed by atoms with Gasteiger partial charge in [-0.3, -0.25) is 0 Å². The Morgan fingerprint density at radius 3 is 1.69 bits per heavy atom. The standard InChI is InChI=1S/C10H10.C3H6/c1-2-6-9(5-1)10-7-3-4-8-10;1-3-2/h1-5,7H,6,8H2;3H,1H2,2H3. The molecule has 0 aromatic rings. The van der Waals surface area contributed by atoms with E-state index in [1.807, 2.05) is 6.92 Å². The molecule has 0 spiro atoms. The van der Waals surface area contributed by atoms with Crippen molar-refractivity contribution < 1.29 is 0 Å². The van der Waals surface area contributed by atoms with Crippen molar-refractivity contribution >= 4 is 0 Å². The fourth-order valence-electron chi connectivity index (χ4n) is 1.37. The van der Waals surface area contributed by atoms with E-state index < -0.39 is 0 Å². The minimum atomic E-state index is 1.13. The highest BCUT2D eigenvalue weighted by Gasteiger charge is 2.05. The van der Waals surface area contributed by atoms with Gasteiger partial charge < -0.3 is 0 Å². The van der Waals surface area contributed by atoms with E-state index in [1.54, 1.807) is 6.08 Å². The van der Waals surface area contributed by atoms with Gasteiger partial charge in [-0.05, 0) is 30.9 Å². The van der Waals surface area contributed by atoms with Gasteiger partial charge in [0.25, 0.3) is 0 Å². The maximum absolute atomic E-state index is 3.36. The van der Waals surface area contributed by atoms with E-state index in [4.69, 9.17) is 0 Å². The number of rotatable bonds is 1. The molecule has 0 saturated carbocycles. The van der Waals surface area contributed by atoms with Crippen LogP contribution >= 0.6 is 0 Å². The monoisotopic (exact) mass is 172 g/mol. The van der Waals surface area contributed by atoms with Gasteiger partial charge in [0.2, 0.25) is 0 Å². The fourth-order valence-corrected chi connectivity index (χ4v) is 1.37. The van der Waals surface area contributed by atoms with Gasteiger partial charge in [0.1, 0.15) is 0 Å². The molecule has 0 nitrogen and oxygen atoms in total. The molecule has 2 aliphatic rings. The van der Waals surface area contributed by atoms with E-state index in [9.17, 15) is 0 Å². The van der Waals surface area contributed by atoms with Crippen LogP contribution < -0.4 is 0 Å². The Bertz CT molecular complexity index is 257. The lowest BCUT2D eigenvalue weighted by molar-refractivity contribution is 1.18. The van der Waals surface area contributed by atoms with Crippen molar-refractivity contribution in [3.63, 3.8) is 0 Å². The van der Waals surface area contributed by atoms with Crippen molar-refractivity contribution in [1.82, 2.24) is 0 Å². The van der Waals surface area contributed by atoms with E-state index in [0.717, 1.165) is 12.8 Å². The summed E-state index contributed by atoms with van der Waals surface area (Å²) in [4.78, 5) is 0. The predicted molar refractivity (Wildman–Crippen MR) is 59.6 cm³/mol. The molecule has 0 saturated heterocycles. The zero-order chi connectivity index (χ0) is 9.52. The summed E-state index contributed by atoms with van der Waals surface area (Å²) in [5, 5.41) is 0. The zero-order valence-corrected chi connectivity index (χ0v) is 8.16. The second-order valence-corrected chi connectivity index (χ2v) is 3.06. The largest absolute Gasteiger partial charge is 0.103 e. The predicted octanol–water partition coefficient (Wildman–Crippen LogP) is 3.95. The first kappa shape index (κ1) is 9.79. The summed E-state index contributed by atoms with van der Waals surface area (Å²) >= 11 is 0. The lowest BCUT2D eigenvalue weighted by Gasteiger charge is -1.99. The third kappa shape index (κ3) is 2.90. The summed E-state index contributed by atoms with van der Waals surface area (Å²) < 4.78 is 0. The Hall–Kier alpha value is -1.30. The van der Waals surface area contributed by atoms with E-state index >= 15 is 0 Å². The van der Waals surface area contributed by atoms with E-state index in [2.05, 4.69) is 43.0 Å². The maximum Gasteiger partial charge on any atom is -0.00915 e. The van der Waals surface area contributed by atoms with Crippen LogP contribution in [0.2, 0.25) is 0 Å². The van der Waals surface area contributed by atoms with E-state index in [-0.39, 0.29) is 0 Å². The topological polar surface area (TPSA) is 0 Å². The molecule has 0 aromatic carbocycles. The molecular weight excluding hydrogens is 156 g/mol. The Labute approximate surface area is 80.7 Å². The molecule has 13 heavy (non-hydrogen) atoms. The third-order valence-electron chi connectivity index (χ3n) is 1.95.